The first-order valence-electron chi connectivity index (χ1n) is 7.69. The molecule has 1 unspecified atom stereocenters. The van der Waals surface area contributed by atoms with Gasteiger partial charge in [-0.3, -0.25) is 9.69 Å². The third-order valence-electron chi connectivity index (χ3n) is 4.23. The summed E-state index contributed by atoms with van der Waals surface area (Å²) in [5.74, 6) is -0.828. The summed E-state index contributed by atoms with van der Waals surface area (Å²) in [6.07, 6.45) is 2.60. The molecule has 1 fully saturated rings. The molecule has 1 saturated heterocycles. The first kappa shape index (κ1) is 18.5. The zero-order valence-corrected chi connectivity index (χ0v) is 13.3. The summed E-state index contributed by atoms with van der Waals surface area (Å²) in [7, 11) is 1.50. The van der Waals surface area contributed by atoms with E-state index in [-0.39, 0.29) is 18.9 Å². The number of aromatic nitrogens is 1. The molecule has 2 rings (SSSR count). The minimum absolute atomic E-state index is 0.0111. The molecule has 0 saturated carbocycles. The maximum atomic E-state index is 12.8. The van der Waals surface area contributed by atoms with E-state index in [1.165, 1.54) is 19.3 Å². The molecule has 0 radical (unpaired) electrons. The summed E-state index contributed by atoms with van der Waals surface area (Å²) in [5.41, 5.74) is 0.695. The van der Waals surface area contributed by atoms with Gasteiger partial charge in [0.25, 0.3) is 0 Å². The highest BCUT2D eigenvalue weighted by molar-refractivity contribution is 5.76. The molecular formula is C16H22FN3O4. The van der Waals surface area contributed by atoms with Crippen LogP contribution in [0.25, 0.3) is 6.08 Å². The molecule has 1 aliphatic rings. The van der Waals surface area contributed by atoms with Crippen LogP contribution in [0, 0.1) is 5.95 Å². The molecule has 24 heavy (non-hydrogen) atoms. The second kappa shape index (κ2) is 8.29. The average molecular weight is 339 g/mol. The number of amides is 1. The summed E-state index contributed by atoms with van der Waals surface area (Å²) in [4.78, 5) is 16.9. The minimum atomic E-state index is -1.13. The number of carbonyl (C=O) groups excluding carboxylic acids is 1. The van der Waals surface area contributed by atoms with E-state index in [1.54, 1.807) is 23.1 Å². The van der Waals surface area contributed by atoms with Gasteiger partial charge in [-0.05, 0) is 17.7 Å². The van der Waals surface area contributed by atoms with Crippen molar-refractivity contribution >= 4 is 12.0 Å². The summed E-state index contributed by atoms with van der Waals surface area (Å²) >= 11 is 0. The number of aliphatic hydroxyl groups excluding tert-OH is 3. The van der Waals surface area contributed by atoms with Crippen LogP contribution in [0.1, 0.15) is 12.0 Å². The van der Waals surface area contributed by atoms with Crippen molar-refractivity contribution in [1.82, 2.24) is 15.2 Å². The predicted octanol–water partition coefficient (Wildman–Crippen LogP) is -0.863. The van der Waals surface area contributed by atoms with Crippen molar-refractivity contribution in [3.8, 4) is 0 Å². The van der Waals surface area contributed by atoms with Crippen LogP contribution in [0.5, 0.6) is 0 Å². The number of nitrogens with zero attached hydrogens (tertiary/aromatic N) is 2. The number of halogens is 1. The number of rotatable bonds is 6. The maximum absolute atomic E-state index is 12.8. The van der Waals surface area contributed by atoms with E-state index in [0.29, 0.717) is 12.1 Å². The Morgan fingerprint density at radius 2 is 2.08 bits per heavy atom. The van der Waals surface area contributed by atoms with E-state index in [1.807, 2.05) is 0 Å². The molecule has 1 aliphatic heterocycles. The highest BCUT2D eigenvalue weighted by Crippen LogP contribution is 2.27. The second-order valence-electron chi connectivity index (χ2n) is 5.69. The fraction of sp³-hybridized carbons (Fsp3) is 0.500. The number of pyridine rings is 1. The molecule has 0 bridgehead atoms. The summed E-state index contributed by atoms with van der Waals surface area (Å²) in [5, 5.41) is 32.2. The number of hydrogen-bond donors (Lipinski definition) is 4. The molecule has 0 aliphatic carbocycles. The number of likely N-dealkylation sites (tertiary alicyclic amines) is 1. The molecular weight excluding hydrogens is 317 g/mol. The molecule has 4 atom stereocenters. The van der Waals surface area contributed by atoms with Gasteiger partial charge in [0, 0.05) is 32.3 Å². The maximum Gasteiger partial charge on any atom is 0.221 e. The quantitative estimate of drug-likeness (QED) is 0.503. The van der Waals surface area contributed by atoms with E-state index in [9.17, 15) is 24.5 Å². The smallest absolute Gasteiger partial charge is 0.221 e. The van der Waals surface area contributed by atoms with Crippen molar-refractivity contribution in [2.24, 2.45) is 0 Å². The van der Waals surface area contributed by atoms with Crippen LogP contribution < -0.4 is 5.32 Å². The number of carbonyl (C=O) groups is 1. The van der Waals surface area contributed by atoms with Crippen LogP contribution in [0.3, 0.4) is 0 Å². The van der Waals surface area contributed by atoms with Crippen molar-refractivity contribution in [2.75, 3.05) is 20.2 Å². The fourth-order valence-corrected chi connectivity index (χ4v) is 2.90. The lowest BCUT2D eigenvalue weighted by atomic mass is 10.1. The molecule has 0 spiro atoms. The fourth-order valence-electron chi connectivity index (χ4n) is 2.90. The Balaban J connectivity index is 2.10. The zero-order valence-electron chi connectivity index (χ0n) is 13.3. The molecule has 0 aromatic carbocycles. The van der Waals surface area contributed by atoms with Gasteiger partial charge < -0.3 is 20.6 Å². The first-order chi connectivity index (χ1) is 11.5. The summed E-state index contributed by atoms with van der Waals surface area (Å²) in [6, 6.07) is 1.55. The Morgan fingerprint density at radius 1 is 1.38 bits per heavy atom. The summed E-state index contributed by atoms with van der Waals surface area (Å²) < 4.78 is 12.8. The van der Waals surface area contributed by atoms with E-state index >= 15 is 0 Å². The van der Waals surface area contributed by atoms with E-state index < -0.39 is 30.2 Å². The molecule has 7 nitrogen and oxygen atoms in total. The van der Waals surface area contributed by atoms with Gasteiger partial charge >= 0.3 is 0 Å². The molecule has 132 valence electrons. The van der Waals surface area contributed by atoms with Gasteiger partial charge in [-0.15, -0.1) is 0 Å². The lowest BCUT2D eigenvalue weighted by molar-refractivity contribution is -0.122. The van der Waals surface area contributed by atoms with E-state index in [2.05, 4.69) is 10.3 Å². The zero-order chi connectivity index (χ0) is 17.7. The van der Waals surface area contributed by atoms with E-state index in [4.69, 9.17) is 0 Å². The van der Waals surface area contributed by atoms with Crippen LogP contribution >= 0.6 is 0 Å². The van der Waals surface area contributed by atoms with Crippen LogP contribution in [0.15, 0.2) is 24.4 Å². The van der Waals surface area contributed by atoms with Gasteiger partial charge in [0.2, 0.25) is 11.9 Å². The Morgan fingerprint density at radius 3 is 2.67 bits per heavy atom. The van der Waals surface area contributed by atoms with Crippen LogP contribution in [0.4, 0.5) is 4.39 Å². The first-order valence-corrected chi connectivity index (χ1v) is 7.69. The number of aliphatic hydroxyl groups is 3. The Hall–Kier alpha value is -1.87. The van der Waals surface area contributed by atoms with Crippen molar-refractivity contribution in [3.63, 3.8) is 0 Å². The Kier molecular flexibility index (Phi) is 6.38. The molecule has 8 heteroatoms. The minimum Gasteiger partial charge on any atom is -0.395 e. The highest BCUT2D eigenvalue weighted by atomic mass is 19.1. The highest BCUT2D eigenvalue weighted by Gasteiger charge is 2.47. The normalized spacial score (nSPS) is 27.7. The monoisotopic (exact) mass is 339 g/mol. The van der Waals surface area contributed by atoms with Gasteiger partial charge in [-0.25, -0.2) is 4.98 Å². The lowest BCUT2D eigenvalue weighted by Crippen LogP contribution is -2.43. The lowest BCUT2D eigenvalue weighted by Gasteiger charge is -2.28. The molecule has 1 amide bonds. The largest absolute Gasteiger partial charge is 0.395 e. The third kappa shape index (κ3) is 4.15. The molecule has 1 aromatic heterocycles. The summed E-state index contributed by atoms with van der Waals surface area (Å²) in [6.45, 7) is -0.0349. The van der Waals surface area contributed by atoms with Gasteiger partial charge in [0.15, 0.2) is 0 Å². The predicted molar refractivity (Wildman–Crippen MR) is 85.3 cm³/mol. The van der Waals surface area contributed by atoms with Gasteiger partial charge in [-0.1, -0.05) is 12.2 Å². The van der Waals surface area contributed by atoms with E-state index in [0.717, 1.165) is 0 Å². The van der Waals surface area contributed by atoms with Crippen LogP contribution in [-0.4, -0.2) is 75.6 Å². The van der Waals surface area contributed by atoms with Gasteiger partial charge in [0.1, 0.15) is 0 Å². The van der Waals surface area contributed by atoms with Crippen LogP contribution in [0.2, 0.25) is 0 Å². The standard InChI is InChI=1S/C16H22FN3O4/c1-18-14(22)7-11-15(23)16(24)12(9-21)20(11)6-2-3-10-4-5-13(17)19-8-10/h2-5,8,11-12,15-16,21,23-24H,6-7,9H2,1H3,(H,18,22)/b3-2+/t11?,12-,15-,16-/m1/s1. The molecule has 1 aromatic rings. The van der Waals surface area contributed by atoms with Crippen molar-refractivity contribution in [3.05, 3.63) is 35.9 Å². The molecule has 4 N–H and O–H groups in total. The number of hydrogen-bond acceptors (Lipinski definition) is 6. The second-order valence-corrected chi connectivity index (χ2v) is 5.69. The molecule has 2 heterocycles. The Labute approximate surface area is 139 Å². The SMILES string of the molecule is CNC(=O)CC1[C@@H](O)[C@H](O)[C@@H](CO)N1C/C=C/c1ccc(F)nc1. The Bertz CT molecular complexity index is 581. The number of nitrogens with one attached hydrogen (secondary N) is 1. The third-order valence-corrected chi connectivity index (χ3v) is 4.23. The van der Waals surface area contributed by atoms with Crippen molar-refractivity contribution in [1.29, 1.82) is 0 Å². The average Bonchev–Trinajstić information content (AvgIpc) is 2.80. The van der Waals surface area contributed by atoms with Crippen molar-refractivity contribution < 1.29 is 24.5 Å². The topological polar surface area (TPSA) is 106 Å². The van der Waals surface area contributed by atoms with Crippen LogP contribution in [-0.2, 0) is 4.79 Å². The van der Waals surface area contributed by atoms with Crippen molar-refractivity contribution in [2.45, 2.75) is 30.7 Å². The van der Waals surface area contributed by atoms with Gasteiger partial charge in [0.05, 0.1) is 24.9 Å². The van der Waals surface area contributed by atoms with Gasteiger partial charge in [-0.2, -0.15) is 4.39 Å².